The van der Waals surface area contributed by atoms with Gasteiger partial charge in [0, 0.05) is 26.0 Å². The summed E-state index contributed by atoms with van der Waals surface area (Å²) in [4.78, 5) is 15.9. The molecule has 1 aromatic carbocycles. The summed E-state index contributed by atoms with van der Waals surface area (Å²) >= 11 is 0. The van der Waals surface area contributed by atoms with Crippen LogP contribution in [0.1, 0.15) is 5.69 Å². The van der Waals surface area contributed by atoms with Gasteiger partial charge in [-0.25, -0.2) is 4.39 Å². The molecule has 0 spiro atoms. The third kappa shape index (κ3) is 5.10. The highest BCUT2D eigenvalue weighted by Gasteiger charge is 2.05. The first-order chi connectivity index (χ1) is 11.1. The highest BCUT2D eigenvalue weighted by Crippen LogP contribution is 2.07. The van der Waals surface area contributed by atoms with Gasteiger partial charge in [0.05, 0.1) is 18.8 Å². The molecule has 8 heteroatoms. The van der Waals surface area contributed by atoms with Gasteiger partial charge in [-0.2, -0.15) is 5.10 Å². The Balaban J connectivity index is 1.77. The molecule has 0 bridgehead atoms. The number of anilines is 1. The standard InChI is InChI=1S/C15H19FN6O/c1-17-15(18-9-13-7-8-20-22(13)2)19-10-14(23)21-12-5-3-11(16)4-6-12/h3-8H,9-10H2,1-2H3,(H,21,23)(H2,17,18,19). The van der Waals surface area contributed by atoms with Crippen molar-refractivity contribution in [3.63, 3.8) is 0 Å². The van der Waals surface area contributed by atoms with E-state index in [9.17, 15) is 9.18 Å². The number of halogens is 1. The van der Waals surface area contributed by atoms with Gasteiger partial charge in [0.25, 0.3) is 0 Å². The first-order valence-corrected chi connectivity index (χ1v) is 7.05. The maximum absolute atomic E-state index is 12.8. The second-order valence-corrected chi connectivity index (χ2v) is 4.78. The van der Waals surface area contributed by atoms with Crippen LogP contribution in [0.3, 0.4) is 0 Å². The van der Waals surface area contributed by atoms with E-state index in [0.29, 0.717) is 18.2 Å². The first kappa shape index (κ1) is 16.5. The van der Waals surface area contributed by atoms with Crippen LogP contribution in [-0.2, 0) is 18.4 Å². The van der Waals surface area contributed by atoms with Gasteiger partial charge in [-0.3, -0.25) is 14.5 Å². The number of carbonyl (C=O) groups excluding carboxylic acids is 1. The van der Waals surface area contributed by atoms with Gasteiger partial charge in [0.2, 0.25) is 5.91 Å². The average molecular weight is 318 g/mol. The number of benzene rings is 1. The van der Waals surface area contributed by atoms with Gasteiger partial charge in [-0.1, -0.05) is 0 Å². The van der Waals surface area contributed by atoms with Crippen molar-refractivity contribution in [1.29, 1.82) is 0 Å². The Hall–Kier alpha value is -2.90. The number of aliphatic imine (C=N–C) groups is 1. The lowest BCUT2D eigenvalue weighted by Crippen LogP contribution is -2.41. The van der Waals surface area contributed by atoms with E-state index >= 15 is 0 Å². The van der Waals surface area contributed by atoms with Crippen molar-refractivity contribution in [2.45, 2.75) is 6.54 Å². The highest BCUT2D eigenvalue weighted by atomic mass is 19.1. The number of hydrogen-bond acceptors (Lipinski definition) is 3. The van der Waals surface area contributed by atoms with Gasteiger partial charge < -0.3 is 16.0 Å². The summed E-state index contributed by atoms with van der Waals surface area (Å²) in [6.07, 6.45) is 1.71. The number of rotatable bonds is 5. The number of aromatic nitrogens is 2. The summed E-state index contributed by atoms with van der Waals surface area (Å²) < 4.78 is 14.5. The summed E-state index contributed by atoms with van der Waals surface area (Å²) in [6, 6.07) is 7.47. The van der Waals surface area contributed by atoms with Crippen LogP contribution in [0.2, 0.25) is 0 Å². The van der Waals surface area contributed by atoms with Crippen molar-refractivity contribution < 1.29 is 9.18 Å². The number of hydrogen-bond donors (Lipinski definition) is 3. The summed E-state index contributed by atoms with van der Waals surface area (Å²) in [7, 11) is 3.47. The van der Waals surface area contributed by atoms with E-state index in [1.807, 2.05) is 13.1 Å². The Labute approximate surface area is 133 Å². The molecule has 1 heterocycles. The number of carbonyl (C=O) groups is 1. The Kier molecular flexibility index (Phi) is 5.67. The van der Waals surface area contributed by atoms with Crippen molar-refractivity contribution >= 4 is 17.6 Å². The Bertz CT molecular complexity index is 680. The SMILES string of the molecule is CN=C(NCC(=O)Nc1ccc(F)cc1)NCc1ccnn1C. The zero-order valence-corrected chi connectivity index (χ0v) is 13.0. The largest absolute Gasteiger partial charge is 0.351 e. The topological polar surface area (TPSA) is 83.3 Å². The van der Waals surface area contributed by atoms with E-state index in [-0.39, 0.29) is 18.3 Å². The number of nitrogens with zero attached hydrogens (tertiary/aromatic N) is 3. The fraction of sp³-hybridized carbons (Fsp3) is 0.267. The van der Waals surface area contributed by atoms with E-state index in [1.54, 1.807) is 17.9 Å². The number of nitrogens with one attached hydrogen (secondary N) is 3. The summed E-state index contributed by atoms with van der Waals surface area (Å²) in [5.41, 5.74) is 1.53. The lowest BCUT2D eigenvalue weighted by molar-refractivity contribution is -0.115. The normalized spacial score (nSPS) is 11.2. The van der Waals surface area contributed by atoms with Crippen molar-refractivity contribution in [2.75, 3.05) is 18.9 Å². The molecule has 7 nitrogen and oxygen atoms in total. The highest BCUT2D eigenvalue weighted by molar-refractivity contribution is 5.94. The van der Waals surface area contributed by atoms with Crippen LogP contribution in [0.5, 0.6) is 0 Å². The van der Waals surface area contributed by atoms with Gasteiger partial charge in [0.15, 0.2) is 5.96 Å². The van der Waals surface area contributed by atoms with Gasteiger partial charge in [-0.05, 0) is 30.3 Å². The molecule has 1 amide bonds. The minimum absolute atomic E-state index is 0.0441. The fourth-order valence-corrected chi connectivity index (χ4v) is 1.87. The van der Waals surface area contributed by atoms with Crippen LogP contribution >= 0.6 is 0 Å². The van der Waals surface area contributed by atoms with E-state index in [4.69, 9.17) is 0 Å². The van der Waals surface area contributed by atoms with E-state index < -0.39 is 0 Å². The zero-order chi connectivity index (χ0) is 16.7. The third-order valence-electron chi connectivity index (χ3n) is 3.13. The number of amides is 1. The van der Waals surface area contributed by atoms with E-state index in [0.717, 1.165) is 5.69 Å². The van der Waals surface area contributed by atoms with Gasteiger partial charge in [-0.15, -0.1) is 0 Å². The monoisotopic (exact) mass is 318 g/mol. The third-order valence-corrected chi connectivity index (χ3v) is 3.13. The predicted molar refractivity (Wildman–Crippen MR) is 86.4 cm³/mol. The molecular weight excluding hydrogens is 299 g/mol. The Morgan fingerprint density at radius 1 is 1.26 bits per heavy atom. The molecule has 0 aliphatic rings. The number of guanidine groups is 1. The Morgan fingerprint density at radius 2 is 2.00 bits per heavy atom. The molecule has 0 aliphatic carbocycles. The molecule has 0 radical (unpaired) electrons. The Morgan fingerprint density at radius 3 is 2.61 bits per heavy atom. The van der Waals surface area contributed by atoms with Crippen molar-refractivity contribution in [3.8, 4) is 0 Å². The lowest BCUT2D eigenvalue weighted by atomic mass is 10.3. The van der Waals surface area contributed by atoms with Crippen LogP contribution in [0.15, 0.2) is 41.5 Å². The summed E-state index contributed by atoms with van der Waals surface area (Å²) in [5.74, 6) is -0.0959. The predicted octanol–water partition coefficient (Wildman–Crippen LogP) is 0.863. The molecule has 0 unspecified atom stereocenters. The van der Waals surface area contributed by atoms with Crippen LogP contribution < -0.4 is 16.0 Å². The maximum atomic E-state index is 12.8. The van der Waals surface area contributed by atoms with E-state index in [1.165, 1.54) is 24.3 Å². The van der Waals surface area contributed by atoms with Crippen LogP contribution in [0.4, 0.5) is 10.1 Å². The van der Waals surface area contributed by atoms with Gasteiger partial charge in [0.1, 0.15) is 5.82 Å². The maximum Gasteiger partial charge on any atom is 0.243 e. The fourth-order valence-electron chi connectivity index (χ4n) is 1.87. The zero-order valence-electron chi connectivity index (χ0n) is 13.0. The van der Waals surface area contributed by atoms with Crippen molar-refractivity contribution in [3.05, 3.63) is 48.0 Å². The molecule has 3 N–H and O–H groups in total. The lowest BCUT2D eigenvalue weighted by Gasteiger charge is -2.12. The smallest absolute Gasteiger partial charge is 0.243 e. The molecular formula is C15H19FN6O. The van der Waals surface area contributed by atoms with Crippen LogP contribution in [0, 0.1) is 5.82 Å². The molecule has 0 fully saturated rings. The minimum Gasteiger partial charge on any atom is -0.351 e. The van der Waals surface area contributed by atoms with Crippen LogP contribution in [0.25, 0.3) is 0 Å². The minimum atomic E-state index is -0.346. The van der Waals surface area contributed by atoms with Crippen LogP contribution in [-0.4, -0.2) is 35.2 Å². The second-order valence-electron chi connectivity index (χ2n) is 4.78. The van der Waals surface area contributed by atoms with Crippen molar-refractivity contribution in [2.24, 2.45) is 12.0 Å². The molecule has 0 atom stereocenters. The number of aryl methyl sites for hydroxylation is 1. The second kappa shape index (κ2) is 7.92. The molecule has 23 heavy (non-hydrogen) atoms. The molecule has 122 valence electrons. The molecule has 1 aromatic heterocycles. The molecule has 0 aliphatic heterocycles. The average Bonchev–Trinajstić information content (AvgIpc) is 2.95. The van der Waals surface area contributed by atoms with Gasteiger partial charge >= 0.3 is 0 Å². The first-order valence-electron chi connectivity index (χ1n) is 7.05. The quantitative estimate of drug-likeness (QED) is 0.564. The summed E-state index contributed by atoms with van der Waals surface area (Å²) in [5, 5.41) is 12.7. The molecule has 0 saturated carbocycles. The van der Waals surface area contributed by atoms with Crippen molar-refractivity contribution in [1.82, 2.24) is 20.4 Å². The molecule has 0 saturated heterocycles. The molecule has 2 aromatic rings. The summed E-state index contributed by atoms with van der Waals surface area (Å²) in [6.45, 7) is 0.582. The molecule has 2 rings (SSSR count). The van der Waals surface area contributed by atoms with E-state index in [2.05, 4.69) is 26.0 Å².